The number of alkyl halides is 3. The van der Waals surface area contributed by atoms with Crippen molar-refractivity contribution in [2.45, 2.75) is 12.7 Å². The molecule has 0 saturated heterocycles. The summed E-state index contributed by atoms with van der Waals surface area (Å²) >= 11 is 3.22. The molecular formula is C14H12BrF3N2O. The zero-order chi connectivity index (χ0) is 15.5. The summed E-state index contributed by atoms with van der Waals surface area (Å²) in [6, 6.07) is 9.04. The molecule has 1 heterocycles. The molecular weight excluding hydrogens is 349 g/mol. The van der Waals surface area contributed by atoms with Crippen LogP contribution in [0.15, 0.2) is 41.0 Å². The molecule has 1 N–H and O–H groups in total. The van der Waals surface area contributed by atoms with Gasteiger partial charge in [0.15, 0.2) is 0 Å². The van der Waals surface area contributed by atoms with Gasteiger partial charge >= 0.3 is 6.18 Å². The van der Waals surface area contributed by atoms with E-state index in [-0.39, 0.29) is 18.0 Å². The summed E-state index contributed by atoms with van der Waals surface area (Å²) in [5.41, 5.74) is -0.143. The van der Waals surface area contributed by atoms with Gasteiger partial charge in [0.1, 0.15) is 10.4 Å². The molecule has 0 spiro atoms. The summed E-state index contributed by atoms with van der Waals surface area (Å²) in [6.45, 7) is 0.189. The van der Waals surface area contributed by atoms with Crippen LogP contribution in [0.25, 0.3) is 0 Å². The van der Waals surface area contributed by atoms with Crippen LogP contribution in [0.5, 0.6) is 5.75 Å². The standard InChI is InChI=1S/C14H12BrF3N2O/c1-21-10-5-6-12(11(7-10)14(16,17)18)19-8-9-3-2-4-13(15)20-9/h2-7,19H,8H2,1H3. The van der Waals surface area contributed by atoms with Crippen molar-refractivity contribution in [1.82, 2.24) is 4.98 Å². The van der Waals surface area contributed by atoms with Crippen LogP contribution < -0.4 is 10.1 Å². The lowest BCUT2D eigenvalue weighted by atomic mass is 10.1. The van der Waals surface area contributed by atoms with Crippen molar-refractivity contribution >= 4 is 21.6 Å². The van der Waals surface area contributed by atoms with E-state index in [0.717, 1.165) is 6.07 Å². The third-order valence-electron chi connectivity index (χ3n) is 2.76. The predicted octanol–water partition coefficient (Wildman–Crippen LogP) is 4.48. The second-order valence-electron chi connectivity index (χ2n) is 4.21. The number of methoxy groups -OCH3 is 1. The summed E-state index contributed by atoms with van der Waals surface area (Å²) in [6.07, 6.45) is -4.46. The molecule has 0 bridgehead atoms. The van der Waals surface area contributed by atoms with Crippen LogP contribution in [-0.2, 0) is 12.7 Å². The van der Waals surface area contributed by atoms with E-state index in [1.165, 1.54) is 19.2 Å². The molecule has 7 heteroatoms. The fourth-order valence-corrected chi connectivity index (χ4v) is 2.15. The Morgan fingerprint density at radius 2 is 2.00 bits per heavy atom. The highest BCUT2D eigenvalue weighted by atomic mass is 79.9. The highest BCUT2D eigenvalue weighted by Gasteiger charge is 2.34. The van der Waals surface area contributed by atoms with Crippen molar-refractivity contribution in [2.75, 3.05) is 12.4 Å². The van der Waals surface area contributed by atoms with Crippen molar-refractivity contribution in [2.24, 2.45) is 0 Å². The number of hydrogen-bond donors (Lipinski definition) is 1. The van der Waals surface area contributed by atoms with Gasteiger partial charge in [-0.1, -0.05) is 6.07 Å². The number of halogens is 4. The highest BCUT2D eigenvalue weighted by Crippen LogP contribution is 2.37. The Morgan fingerprint density at radius 3 is 2.62 bits per heavy atom. The lowest BCUT2D eigenvalue weighted by Gasteiger charge is -2.15. The van der Waals surface area contributed by atoms with E-state index < -0.39 is 11.7 Å². The van der Waals surface area contributed by atoms with E-state index in [0.29, 0.717) is 10.3 Å². The quantitative estimate of drug-likeness (QED) is 0.816. The lowest BCUT2D eigenvalue weighted by molar-refractivity contribution is -0.137. The van der Waals surface area contributed by atoms with E-state index in [4.69, 9.17) is 4.74 Å². The Morgan fingerprint density at radius 1 is 1.24 bits per heavy atom. The maximum atomic E-state index is 13.0. The summed E-state index contributed by atoms with van der Waals surface area (Å²) < 4.78 is 44.6. The van der Waals surface area contributed by atoms with E-state index >= 15 is 0 Å². The molecule has 21 heavy (non-hydrogen) atoms. The smallest absolute Gasteiger partial charge is 0.418 e. The lowest BCUT2D eigenvalue weighted by Crippen LogP contribution is -2.11. The van der Waals surface area contributed by atoms with Crippen molar-refractivity contribution < 1.29 is 17.9 Å². The molecule has 112 valence electrons. The summed E-state index contributed by atoms with van der Waals surface area (Å²) in [5, 5.41) is 2.76. The Balaban J connectivity index is 2.23. The molecule has 0 unspecified atom stereocenters. The number of ether oxygens (including phenoxy) is 1. The van der Waals surface area contributed by atoms with Crippen LogP contribution in [0, 0.1) is 0 Å². The molecule has 0 fully saturated rings. The third-order valence-corrected chi connectivity index (χ3v) is 3.21. The van der Waals surface area contributed by atoms with Gasteiger partial charge in [0.25, 0.3) is 0 Å². The molecule has 2 rings (SSSR count). The van der Waals surface area contributed by atoms with Crippen LogP contribution >= 0.6 is 15.9 Å². The van der Waals surface area contributed by atoms with Gasteiger partial charge in [-0.15, -0.1) is 0 Å². The van der Waals surface area contributed by atoms with Crippen LogP contribution in [0.3, 0.4) is 0 Å². The number of hydrogen-bond acceptors (Lipinski definition) is 3. The fourth-order valence-electron chi connectivity index (χ4n) is 1.77. The number of pyridine rings is 1. The molecule has 0 atom stereocenters. The number of rotatable bonds is 4. The SMILES string of the molecule is COc1ccc(NCc2cccc(Br)n2)c(C(F)(F)F)c1. The van der Waals surface area contributed by atoms with E-state index in [9.17, 15) is 13.2 Å². The second-order valence-corrected chi connectivity index (χ2v) is 5.03. The first-order chi connectivity index (χ1) is 9.90. The average Bonchev–Trinajstić information content (AvgIpc) is 2.44. The van der Waals surface area contributed by atoms with Gasteiger partial charge in [0, 0.05) is 5.69 Å². The van der Waals surface area contributed by atoms with Crippen molar-refractivity contribution in [3.05, 3.63) is 52.3 Å². The molecule has 1 aromatic carbocycles. The molecule has 0 amide bonds. The summed E-state index contributed by atoms with van der Waals surface area (Å²) in [5.74, 6) is 0.161. The van der Waals surface area contributed by atoms with E-state index in [1.807, 2.05) is 0 Å². The van der Waals surface area contributed by atoms with Gasteiger partial charge in [0.2, 0.25) is 0 Å². The Hall–Kier alpha value is -1.76. The summed E-state index contributed by atoms with van der Waals surface area (Å²) in [7, 11) is 1.33. The first kappa shape index (κ1) is 15.6. The number of nitrogens with one attached hydrogen (secondary N) is 1. The van der Waals surface area contributed by atoms with Crippen LogP contribution in [-0.4, -0.2) is 12.1 Å². The monoisotopic (exact) mass is 360 g/mol. The molecule has 0 aliphatic carbocycles. The minimum Gasteiger partial charge on any atom is -0.497 e. The number of aromatic nitrogens is 1. The molecule has 0 aliphatic rings. The Labute approximate surface area is 128 Å². The van der Waals surface area contributed by atoms with Crippen LogP contribution in [0.2, 0.25) is 0 Å². The summed E-state index contributed by atoms with van der Waals surface area (Å²) in [4.78, 5) is 4.16. The molecule has 0 aliphatic heterocycles. The molecule has 0 saturated carbocycles. The number of nitrogens with zero attached hydrogens (tertiary/aromatic N) is 1. The van der Waals surface area contributed by atoms with E-state index in [1.54, 1.807) is 18.2 Å². The normalized spacial score (nSPS) is 11.3. The maximum absolute atomic E-state index is 13.0. The van der Waals surface area contributed by atoms with Crippen molar-refractivity contribution in [3.8, 4) is 5.75 Å². The fraction of sp³-hybridized carbons (Fsp3) is 0.214. The van der Waals surface area contributed by atoms with Crippen LogP contribution in [0.4, 0.5) is 18.9 Å². The minimum atomic E-state index is -4.46. The van der Waals surface area contributed by atoms with Gasteiger partial charge in [-0.3, -0.25) is 0 Å². The van der Waals surface area contributed by atoms with Gasteiger partial charge in [-0.05, 0) is 46.3 Å². The minimum absolute atomic E-state index is 0.00919. The second kappa shape index (κ2) is 6.34. The molecule has 2 aromatic rings. The first-order valence-corrected chi connectivity index (χ1v) is 6.80. The topological polar surface area (TPSA) is 34.1 Å². The molecule has 1 aromatic heterocycles. The number of benzene rings is 1. The largest absolute Gasteiger partial charge is 0.497 e. The van der Waals surface area contributed by atoms with Gasteiger partial charge in [-0.2, -0.15) is 13.2 Å². The number of anilines is 1. The first-order valence-electron chi connectivity index (χ1n) is 6.00. The third kappa shape index (κ3) is 4.10. The van der Waals surface area contributed by atoms with Crippen LogP contribution in [0.1, 0.15) is 11.3 Å². The zero-order valence-corrected chi connectivity index (χ0v) is 12.6. The average molecular weight is 361 g/mol. The zero-order valence-electron chi connectivity index (χ0n) is 11.0. The highest BCUT2D eigenvalue weighted by molar-refractivity contribution is 9.10. The maximum Gasteiger partial charge on any atom is 0.418 e. The van der Waals surface area contributed by atoms with E-state index in [2.05, 4.69) is 26.2 Å². The molecule has 3 nitrogen and oxygen atoms in total. The Kier molecular flexibility index (Phi) is 4.72. The Bertz CT molecular complexity index is 632. The van der Waals surface area contributed by atoms with Crippen molar-refractivity contribution in [1.29, 1.82) is 0 Å². The van der Waals surface area contributed by atoms with Gasteiger partial charge < -0.3 is 10.1 Å². The van der Waals surface area contributed by atoms with Gasteiger partial charge in [-0.25, -0.2) is 4.98 Å². The van der Waals surface area contributed by atoms with Gasteiger partial charge in [0.05, 0.1) is 24.9 Å². The predicted molar refractivity (Wildman–Crippen MR) is 77.3 cm³/mol. The van der Waals surface area contributed by atoms with Crippen molar-refractivity contribution in [3.63, 3.8) is 0 Å². The molecule has 0 radical (unpaired) electrons.